The molecule has 0 saturated carbocycles. The van der Waals surface area contributed by atoms with E-state index < -0.39 is 73.4 Å². The number of aliphatic carboxylic acids is 2. The molecule has 48 heavy (non-hydrogen) atoms. The van der Waals surface area contributed by atoms with E-state index in [1.165, 1.54) is 14.2 Å². The van der Waals surface area contributed by atoms with Crippen LogP contribution >= 0.6 is 0 Å². The average molecular weight is 683 g/mol. The van der Waals surface area contributed by atoms with E-state index in [0.29, 0.717) is 12.8 Å². The molecule has 2 aliphatic heterocycles. The van der Waals surface area contributed by atoms with Crippen molar-refractivity contribution in [3.05, 3.63) is 47.5 Å². The first kappa shape index (κ1) is 37.1. The van der Waals surface area contributed by atoms with Crippen molar-refractivity contribution in [1.82, 2.24) is 0 Å². The largest absolute Gasteiger partial charge is 0.493 e. The Kier molecular flexibility index (Phi) is 12.1. The number of carbonyl (C=O) groups is 2. The molecule has 2 aromatic carbocycles. The van der Waals surface area contributed by atoms with E-state index in [9.17, 15) is 50.4 Å². The normalized spacial score (nSPS) is 31.7. The van der Waals surface area contributed by atoms with Crippen molar-refractivity contribution >= 4 is 11.9 Å². The summed E-state index contributed by atoms with van der Waals surface area (Å²) in [6, 6.07) is 10.2. The van der Waals surface area contributed by atoms with E-state index in [2.05, 4.69) is 0 Å². The molecule has 0 spiro atoms. The zero-order valence-corrected chi connectivity index (χ0v) is 26.7. The zero-order chi connectivity index (χ0) is 35.4. The smallest absolute Gasteiger partial charge is 0.335 e. The lowest BCUT2D eigenvalue weighted by molar-refractivity contribution is -0.271. The minimum atomic E-state index is -1.86. The summed E-state index contributed by atoms with van der Waals surface area (Å²) >= 11 is 0. The minimum Gasteiger partial charge on any atom is -0.493 e. The van der Waals surface area contributed by atoms with Crippen molar-refractivity contribution in [1.29, 1.82) is 0 Å². The van der Waals surface area contributed by atoms with Gasteiger partial charge in [-0.25, -0.2) is 9.59 Å². The molecule has 16 heteroatoms. The molecule has 12 atom stereocenters. The van der Waals surface area contributed by atoms with Crippen LogP contribution in [0.1, 0.15) is 25.0 Å². The maximum Gasteiger partial charge on any atom is 0.335 e. The lowest BCUT2D eigenvalue weighted by Crippen LogP contribution is -2.61. The number of methoxy groups -OCH3 is 2. The number of aliphatic hydroxyl groups excluding tert-OH is 6. The van der Waals surface area contributed by atoms with Crippen LogP contribution in [-0.2, 0) is 31.9 Å². The fourth-order valence-corrected chi connectivity index (χ4v) is 5.58. The molecular weight excluding hydrogens is 640 g/mol. The van der Waals surface area contributed by atoms with Crippen molar-refractivity contribution in [3.8, 4) is 23.0 Å². The number of carboxylic acid groups (broad SMARTS) is 2. The number of ether oxygens (including phenoxy) is 6. The molecule has 16 nitrogen and oxygen atoms in total. The van der Waals surface area contributed by atoms with Crippen LogP contribution in [0.4, 0.5) is 0 Å². The summed E-state index contributed by atoms with van der Waals surface area (Å²) in [5.74, 6) is -2.16. The van der Waals surface area contributed by atoms with Crippen molar-refractivity contribution in [2.24, 2.45) is 11.8 Å². The van der Waals surface area contributed by atoms with Crippen molar-refractivity contribution < 1.29 is 78.9 Å². The summed E-state index contributed by atoms with van der Waals surface area (Å²) < 4.78 is 32.7. The molecule has 0 bridgehead atoms. The molecule has 8 N–H and O–H groups in total. The SMILES string of the molecule is COc1ccc(C[C@H](C)[C@H](C)Cc2ccc(OC)c(O[C@@H]3O[C@H](C(=O)O)[C@@H](O)[C@H](O)[C@H]3O)c2)cc1O[C@H]1O[C@@H](C(=O)O)[C@H](O)[C@@H](O)[C@@H]1O. The van der Waals surface area contributed by atoms with Gasteiger partial charge < -0.3 is 69.3 Å². The Labute approximate surface area is 275 Å². The highest BCUT2D eigenvalue weighted by molar-refractivity contribution is 5.74. The molecule has 266 valence electrons. The molecule has 2 saturated heterocycles. The predicted octanol–water partition coefficient (Wildman–Crippen LogP) is -0.697. The monoisotopic (exact) mass is 682 g/mol. The molecular formula is C32H42O16. The fraction of sp³-hybridized carbons (Fsp3) is 0.562. The Morgan fingerprint density at radius 3 is 1.27 bits per heavy atom. The first-order valence-electron chi connectivity index (χ1n) is 15.2. The summed E-state index contributed by atoms with van der Waals surface area (Å²) in [6.45, 7) is 4.06. The van der Waals surface area contributed by atoms with E-state index in [0.717, 1.165) is 11.1 Å². The van der Waals surface area contributed by atoms with Gasteiger partial charge in [0.1, 0.15) is 36.6 Å². The van der Waals surface area contributed by atoms with Gasteiger partial charge in [0.15, 0.2) is 35.2 Å². The fourth-order valence-electron chi connectivity index (χ4n) is 5.58. The van der Waals surface area contributed by atoms with E-state index in [4.69, 9.17) is 28.4 Å². The van der Waals surface area contributed by atoms with Crippen LogP contribution in [0.15, 0.2) is 36.4 Å². The maximum absolute atomic E-state index is 11.5. The molecule has 2 fully saturated rings. The molecule has 0 amide bonds. The van der Waals surface area contributed by atoms with Gasteiger partial charge in [0.05, 0.1) is 14.2 Å². The lowest BCUT2D eigenvalue weighted by atomic mass is 9.85. The number of rotatable bonds is 13. The van der Waals surface area contributed by atoms with Crippen LogP contribution in [0.2, 0.25) is 0 Å². The summed E-state index contributed by atoms with van der Waals surface area (Å²) in [4.78, 5) is 23.0. The maximum atomic E-state index is 11.5. The first-order chi connectivity index (χ1) is 22.7. The average Bonchev–Trinajstić information content (AvgIpc) is 3.05. The van der Waals surface area contributed by atoms with E-state index in [1.807, 2.05) is 26.0 Å². The van der Waals surface area contributed by atoms with Crippen LogP contribution in [0.3, 0.4) is 0 Å². The molecule has 0 aromatic heterocycles. The van der Waals surface area contributed by atoms with Crippen LogP contribution < -0.4 is 18.9 Å². The molecule has 2 aliphatic rings. The molecule has 0 radical (unpaired) electrons. The standard InChI is InChI=1S/C32H42O16/c1-13(9-15-5-7-17(43-3)19(11-15)45-31-25(37)21(33)23(35)27(47-31)29(39)40)14(2)10-16-6-8-18(44-4)20(12-16)46-32-26(38)22(34)24(36)28(48-32)30(41)42/h5-8,11-14,21-28,31-38H,9-10H2,1-4H3,(H,39,40)(H,41,42)/t13-,14+,21+,22-,23+,24-,25-,26+,27+,28-,31-,32+. The topological polar surface area (TPSA) is 251 Å². The van der Waals surface area contributed by atoms with Gasteiger partial charge in [0.2, 0.25) is 12.6 Å². The Balaban J connectivity index is 1.45. The lowest BCUT2D eigenvalue weighted by Gasteiger charge is -2.38. The summed E-state index contributed by atoms with van der Waals surface area (Å²) in [5.41, 5.74) is 1.61. The highest BCUT2D eigenvalue weighted by Gasteiger charge is 2.49. The number of carboxylic acids is 2. The van der Waals surface area contributed by atoms with Gasteiger partial charge in [-0.05, 0) is 60.1 Å². The van der Waals surface area contributed by atoms with Crippen LogP contribution in [0, 0.1) is 11.8 Å². The number of hydrogen-bond acceptors (Lipinski definition) is 14. The second-order valence-electron chi connectivity index (χ2n) is 12.0. The first-order valence-corrected chi connectivity index (χ1v) is 15.2. The molecule has 0 unspecified atom stereocenters. The van der Waals surface area contributed by atoms with Gasteiger partial charge in [-0.15, -0.1) is 0 Å². The third kappa shape index (κ3) is 8.10. The Hall–Kier alpha value is -3.74. The van der Waals surface area contributed by atoms with Crippen LogP contribution in [0.25, 0.3) is 0 Å². The second-order valence-corrected chi connectivity index (χ2v) is 12.0. The Bertz CT molecular complexity index is 1310. The third-order valence-electron chi connectivity index (χ3n) is 8.66. The molecule has 0 aliphatic carbocycles. The van der Waals surface area contributed by atoms with Crippen molar-refractivity contribution in [3.63, 3.8) is 0 Å². The highest BCUT2D eigenvalue weighted by atomic mass is 16.7. The van der Waals surface area contributed by atoms with Gasteiger partial charge in [-0.3, -0.25) is 0 Å². The van der Waals surface area contributed by atoms with Gasteiger partial charge in [0.25, 0.3) is 0 Å². The summed E-state index contributed by atoms with van der Waals surface area (Å²) in [5, 5.41) is 79.8. The van der Waals surface area contributed by atoms with Crippen molar-refractivity contribution in [2.75, 3.05) is 14.2 Å². The quantitative estimate of drug-likeness (QED) is 0.130. The number of benzene rings is 2. The Morgan fingerprint density at radius 2 is 0.958 bits per heavy atom. The van der Waals surface area contributed by atoms with Gasteiger partial charge in [0, 0.05) is 0 Å². The summed E-state index contributed by atoms with van der Waals surface area (Å²) in [7, 11) is 2.79. The predicted molar refractivity (Wildman–Crippen MR) is 162 cm³/mol. The van der Waals surface area contributed by atoms with Gasteiger partial charge >= 0.3 is 11.9 Å². The Morgan fingerprint density at radius 1 is 0.604 bits per heavy atom. The van der Waals surface area contributed by atoms with Gasteiger partial charge in [-0.1, -0.05) is 26.0 Å². The van der Waals surface area contributed by atoms with Crippen LogP contribution in [-0.4, -0.2) is 128 Å². The van der Waals surface area contributed by atoms with E-state index in [-0.39, 0.29) is 34.8 Å². The van der Waals surface area contributed by atoms with E-state index in [1.54, 1.807) is 24.3 Å². The molecule has 2 heterocycles. The third-order valence-corrected chi connectivity index (χ3v) is 8.66. The van der Waals surface area contributed by atoms with Crippen molar-refractivity contribution in [2.45, 2.75) is 88.1 Å². The summed E-state index contributed by atoms with van der Waals surface area (Å²) in [6.07, 6.45) is -16.6. The molecule has 4 rings (SSSR count). The number of hydrogen-bond donors (Lipinski definition) is 8. The highest BCUT2D eigenvalue weighted by Crippen LogP contribution is 2.36. The van der Waals surface area contributed by atoms with Gasteiger partial charge in [-0.2, -0.15) is 0 Å². The second kappa shape index (κ2) is 15.7. The van der Waals surface area contributed by atoms with E-state index >= 15 is 0 Å². The number of aliphatic hydroxyl groups is 6. The minimum absolute atomic E-state index is 0.0686. The van der Waals surface area contributed by atoms with Crippen LogP contribution in [0.5, 0.6) is 23.0 Å². The molecule has 2 aromatic rings. The zero-order valence-electron chi connectivity index (χ0n) is 26.7.